The number of hydrogen-bond acceptors (Lipinski definition) is 6. The molecule has 0 aromatic heterocycles. The Morgan fingerprint density at radius 1 is 1.12 bits per heavy atom. The molecule has 0 aliphatic rings. The lowest BCUT2D eigenvalue weighted by molar-refractivity contribution is -0.160. The van der Waals surface area contributed by atoms with E-state index in [1.54, 1.807) is 51.3 Å². The maximum absolute atomic E-state index is 11.9. The summed E-state index contributed by atoms with van der Waals surface area (Å²) in [5, 5.41) is 7.74. The van der Waals surface area contributed by atoms with Crippen molar-refractivity contribution in [3.63, 3.8) is 0 Å². The van der Waals surface area contributed by atoms with E-state index < -0.39 is 5.60 Å². The molecule has 0 aliphatic heterocycles. The van der Waals surface area contributed by atoms with E-state index in [4.69, 9.17) is 24.4 Å². The molecule has 2 rings (SSSR count). The maximum Gasteiger partial charge on any atom is 0.350 e. The topological polar surface area (TPSA) is 77.8 Å². The van der Waals surface area contributed by atoms with Gasteiger partial charge in [-0.05, 0) is 82.2 Å². The van der Waals surface area contributed by atoms with Crippen LogP contribution in [0.4, 0.5) is 0 Å². The Balaban J connectivity index is 0.000000335. The van der Waals surface area contributed by atoms with E-state index in [9.17, 15) is 4.79 Å². The van der Waals surface area contributed by atoms with Crippen LogP contribution in [0.5, 0.6) is 11.5 Å². The highest BCUT2D eigenvalue weighted by molar-refractivity contribution is 5.92. The molecular formula is C27H35NO5. The molecule has 6 nitrogen and oxygen atoms in total. The molecule has 0 aliphatic carbocycles. The second-order valence-electron chi connectivity index (χ2n) is 7.24. The molecule has 0 saturated heterocycles. The number of methoxy groups -OCH3 is 1. The minimum atomic E-state index is -0.954. The van der Waals surface area contributed by atoms with Crippen LogP contribution in [0.2, 0.25) is 0 Å². The highest BCUT2D eigenvalue weighted by Gasteiger charge is 2.35. The average molecular weight is 454 g/mol. The number of carbonyl (C=O) groups is 1. The molecule has 0 amide bonds. The second kappa shape index (κ2) is 13.8. The highest BCUT2D eigenvalue weighted by Crippen LogP contribution is 2.24. The van der Waals surface area contributed by atoms with Crippen LogP contribution in [0.15, 0.2) is 66.9 Å². The Kier molecular flexibility index (Phi) is 11.5. The maximum atomic E-state index is 11.9. The quantitative estimate of drug-likeness (QED) is 0.206. The van der Waals surface area contributed by atoms with Crippen LogP contribution in [0.25, 0.3) is 6.08 Å². The monoisotopic (exact) mass is 453 g/mol. The van der Waals surface area contributed by atoms with Gasteiger partial charge in [0.25, 0.3) is 0 Å². The first-order valence-electron chi connectivity index (χ1n) is 10.8. The first-order valence-corrected chi connectivity index (χ1v) is 10.8. The Hall–Kier alpha value is -3.54. The third-order valence-corrected chi connectivity index (χ3v) is 4.84. The van der Waals surface area contributed by atoms with Gasteiger partial charge in [-0.25, -0.2) is 4.79 Å². The summed E-state index contributed by atoms with van der Waals surface area (Å²) in [7, 11) is 1.60. The molecule has 33 heavy (non-hydrogen) atoms. The van der Waals surface area contributed by atoms with E-state index in [2.05, 4.69) is 6.58 Å². The molecule has 0 heterocycles. The zero-order valence-electron chi connectivity index (χ0n) is 20.4. The molecule has 0 radical (unpaired) electrons. The van der Waals surface area contributed by atoms with Crippen LogP contribution >= 0.6 is 0 Å². The summed E-state index contributed by atoms with van der Waals surface area (Å²) in [4.78, 5) is 11.9. The van der Waals surface area contributed by atoms with Gasteiger partial charge in [-0.3, -0.25) is 5.41 Å². The lowest BCUT2D eigenvalue weighted by atomic mass is 10.0. The third kappa shape index (κ3) is 8.85. The van der Waals surface area contributed by atoms with Crippen LogP contribution in [0.1, 0.15) is 52.2 Å². The van der Waals surface area contributed by atoms with Gasteiger partial charge in [0.1, 0.15) is 11.5 Å². The summed E-state index contributed by atoms with van der Waals surface area (Å²) in [6.07, 6.45) is 4.11. The molecule has 0 saturated carbocycles. The Bertz CT molecular complexity index is 949. The van der Waals surface area contributed by atoms with Crippen molar-refractivity contribution in [3.05, 3.63) is 78.1 Å². The number of esters is 1. The standard InChI is InChI=1S/C14H20O4.C13H15NO/c1-5-14(3,13(15)17-6-2)18-12-9-7-11(16-4)8-10-12;1-4-10(3)15-13(14)12-8-6-7-11(5-2)9-12/h7-10H,5-6H2,1-4H3;4-9,14H,2H2,1,3H3/b;10-4+,14-13?. The van der Waals surface area contributed by atoms with Crippen molar-refractivity contribution in [1.82, 2.24) is 0 Å². The van der Waals surface area contributed by atoms with Gasteiger partial charge in [-0.15, -0.1) is 0 Å². The summed E-state index contributed by atoms with van der Waals surface area (Å²) >= 11 is 0. The van der Waals surface area contributed by atoms with E-state index in [1.807, 2.05) is 51.1 Å². The van der Waals surface area contributed by atoms with Crippen molar-refractivity contribution in [2.24, 2.45) is 0 Å². The van der Waals surface area contributed by atoms with Gasteiger partial charge in [0.15, 0.2) is 0 Å². The molecule has 1 atom stereocenters. The molecular weight excluding hydrogens is 418 g/mol. The largest absolute Gasteiger partial charge is 0.497 e. The normalized spacial score (nSPS) is 12.4. The average Bonchev–Trinajstić information content (AvgIpc) is 2.84. The van der Waals surface area contributed by atoms with Crippen molar-refractivity contribution in [1.29, 1.82) is 5.41 Å². The van der Waals surface area contributed by atoms with E-state index in [0.29, 0.717) is 18.8 Å². The van der Waals surface area contributed by atoms with E-state index in [-0.39, 0.29) is 11.9 Å². The Morgan fingerprint density at radius 2 is 1.76 bits per heavy atom. The predicted molar refractivity (Wildman–Crippen MR) is 133 cm³/mol. The van der Waals surface area contributed by atoms with E-state index in [1.165, 1.54) is 0 Å². The van der Waals surface area contributed by atoms with Crippen molar-refractivity contribution in [3.8, 4) is 11.5 Å². The summed E-state index contributed by atoms with van der Waals surface area (Å²) in [5.74, 6) is 1.91. The van der Waals surface area contributed by atoms with Crippen LogP contribution < -0.4 is 9.47 Å². The van der Waals surface area contributed by atoms with Crippen molar-refractivity contribution in [2.45, 2.75) is 46.6 Å². The summed E-state index contributed by atoms with van der Waals surface area (Å²) < 4.78 is 21.1. The second-order valence-corrected chi connectivity index (χ2v) is 7.24. The van der Waals surface area contributed by atoms with Gasteiger partial charge < -0.3 is 18.9 Å². The van der Waals surface area contributed by atoms with Crippen LogP contribution in [-0.2, 0) is 14.3 Å². The van der Waals surface area contributed by atoms with Crippen LogP contribution in [-0.4, -0.2) is 31.2 Å². The fourth-order valence-corrected chi connectivity index (χ4v) is 2.53. The van der Waals surface area contributed by atoms with Gasteiger partial charge in [-0.1, -0.05) is 31.7 Å². The fourth-order valence-electron chi connectivity index (χ4n) is 2.53. The number of allylic oxidation sites excluding steroid dienone is 2. The Labute approximate surface area is 197 Å². The van der Waals surface area contributed by atoms with E-state index in [0.717, 1.165) is 22.6 Å². The summed E-state index contributed by atoms with van der Waals surface area (Å²) in [6.45, 7) is 13.1. The van der Waals surface area contributed by atoms with Crippen LogP contribution in [0.3, 0.4) is 0 Å². The molecule has 1 N–H and O–H groups in total. The van der Waals surface area contributed by atoms with Crippen molar-refractivity contribution >= 4 is 17.9 Å². The number of benzene rings is 2. The SMILES string of the molecule is C=Cc1cccc(C(=N)O/C(C)=C/C)c1.CCOC(=O)C(C)(CC)Oc1ccc(OC)cc1. The van der Waals surface area contributed by atoms with Crippen molar-refractivity contribution < 1.29 is 23.7 Å². The Morgan fingerprint density at radius 3 is 2.27 bits per heavy atom. The number of nitrogens with one attached hydrogen (secondary N) is 1. The number of hydrogen-bond donors (Lipinski definition) is 1. The summed E-state index contributed by atoms with van der Waals surface area (Å²) in [6, 6.07) is 14.7. The number of rotatable bonds is 9. The molecule has 0 bridgehead atoms. The van der Waals surface area contributed by atoms with Gasteiger partial charge in [0.2, 0.25) is 11.5 Å². The van der Waals surface area contributed by atoms with Gasteiger partial charge in [0, 0.05) is 5.56 Å². The molecule has 6 heteroatoms. The minimum absolute atomic E-state index is 0.161. The molecule has 2 aromatic rings. The minimum Gasteiger partial charge on any atom is -0.497 e. The molecule has 0 spiro atoms. The van der Waals surface area contributed by atoms with Gasteiger partial charge in [0.05, 0.1) is 19.5 Å². The molecule has 2 aromatic carbocycles. The summed E-state index contributed by atoms with van der Waals surface area (Å²) in [5.41, 5.74) is 0.789. The van der Waals surface area contributed by atoms with Gasteiger partial charge >= 0.3 is 5.97 Å². The van der Waals surface area contributed by atoms with E-state index >= 15 is 0 Å². The molecule has 178 valence electrons. The van der Waals surface area contributed by atoms with Gasteiger partial charge in [-0.2, -0.15) is 0 Å². The first-order chi connectivity index (χ1) is 15.7. The predicted octanol–water partition coefficient (Wildman–Crippen LogP) is 6.40. The number of ether oxygens (including phenoxy) is 4. The smallest absolute Gasteiger partial charge is 0.350 e. The zero-order valence-corrected chi connectivity index (χ0v) is 20.4. The van der Waals surface area contributed by atoms with Crippen LogP contribution in [0, 0.1) is 5.41 Å². The zero-order chi connectivity index (χ0) is 24.9. The molecule has 1 unspecified atom stereocenters. The lowest BCUT2D eigenvalue weighted by Gasteiger charge is -2.27. The van der Waals surface area contributed by atoms with Crippen molar-refractivity contribution in [2.75, 3.05) is 13.7 Å². The highest BCUT2D eigenvalue weighted by atomic mass is 16.6. The fraction of sp³-hybridized carbons (Fsp3) is 0.333. The number of carbonyl (C=O) groups excluding carboxylic acids is 1. The lowest BCUT2D eigenvalue weighted by Crippen LogP contribution is -2.42. The first kappa shape index (κ1) is 27.5. The molecule has 0 fully saturated rings. The third-order valence-electron chi connectivity index (χ3n) is 4.84.